The molecular weight excluding hydrogens is 388 g/mol. The summed E-state index contributed by atoms with van der Waals surface area (Å²) in [5, 5.41) is 7.02. The Hall–Kier alpha value is -1.92. The lowest BCUT2D eigenvalue weighted by Crippen LogP contribution is -2.25. The van der Waals surface area contributed by atoms with Gasteiger partial charge in [0.2, 0.25) is 0 Å². The molecule has 124 valence electrons. The van der Waals surface area contributed by atoms with Gasteiger partial charge in [-0.05, 0) is 53.4 Å². The lowest BCUT2D eigenvalue weighted by molar-refractivity contribution is 0.0952. The third kappa shape index (κ3) is 3.94. The molecular formula is C18H17BrN2O2S. The summed E-state index contributed by atoms with van der Waals surface area (Å²) in [7, 11) is 0. The maximum atomic E-state index is 12.5. The summed E-state index contributed by atoms with van der Waals surface area (Å²) in [5.74, 6) is 0.399. The summed E-state index contributed by atoms with van der Waals surface area (Å²) in [6.45, 7) is 2.38. The van der Waals surface area contributed by atoms with Crippen LogP contribution < -0.4 is 5.32 Å². The first-order valence-corrected chi connectivity index (χ1v) is 9.30. The zero-order valence-corrected chi connectivity index (χ0v) is 15.6. The average Bonchev–Trinajstić information content (AvgIpc) is 3.18. The standard InChI is InChI=1S/C18H17BrN2O2S/c1-12-16(17(21-23-12)14-9-10-15(19)24-14)18(22)20-11-5-8-13-6-3-2-4-7-13/h2-4,6-7,9-10H,5,8,11H2,1H3,(H,20,22). The quantitative estimate of drug-likeness (QED) is 0.598. The summed E-state index contributed by atoms with van der Waals surface area (Å²) in [4.78, 5) is 13.4. The predicted molar refractivity (Wildman–Crippen MR) is 99.3 cm³/mol. The van der Waals surface area contributed by atoms with Crippen LogP contribution in [-0.4, -0.2) is 17.6 Å². The van der Waals surface area contributed by atoms with E-state index in [9.17, 15) is 4.79 Å². The van der Waals surface area contributed by atoms with Crippen LogP contribution in [0.4, 0.5) is 0 Å². The van der Waals surface area contributed by atoms with Gasteiger partial charge in [0.05, 0.1) is 8.66 Å². The molecule has 0 spiro atoms. The minimum atomic E-state index is -0.138. The first kappa shape index (κ1) is 16.9. The lowest BCUT2D eigenvalue weighted by Gasteiger charge is -2.05. The first-order chi connectivity index (χ1) is 11.6. The van der Waals surface area contributed by atoms with Gasteiger partial charge in [0.25, 0.3) is 5.91 Å². The second-order valence-corrected chi connectivity index (χ2v) is 7.87. The number of carbonyl (C=O) groups is 1. The fourth-order valence-corrected chi connectivity index (χ4v) is 3.85. The Morgan fingerprint density at radius 2 is 2.04 bits per heavy atom. The monoisotopic (exact) mass is 404 g/mol. The zero-order valence-electron chi connectivity index (χ0n) is 13.2. The fourth-order valence-electron chi connectivity index (χ4n) is 2.48. The van der Waals surface area contributed by atoms with E-state index in [1.54, 1.807) is 6.92 Å². The Morgan fingerprint density at radius 3 is 2.75 bits per heavy atom. The zero-order chi connectivity index (χ0) is 16.9. The lowest BCUT2D eigenvalue weighted by atomic mass is 10.1. The number of amides is 1. The Morgan fingerprint density at radius 1 is 1.25 bits per heavy atom. The minimum Gasteiger partial charge on any atom is -0.360 e. The molecule has 6 heteroatoms. The number of carbonyl (C=O) groups excluding carboxylic acids is 1. The van der Waals surface area contributed by atoms with Crippen LogP contribution in [0.15, 0.2) is 50.8 Å². The van der Waals surface area contributed by atoms with E-state index in [-0.39, 0.29) is 5.91 Å². The van der Waals surface area contributed by atoms with Crippen LogP contribution >= 0.6 is 27.3 Å². The van der Waals surface area contributed by atoms with Crippen molar-refractivity contribution in [3.63, 3.8) is 0 Å². The molecule has 0 bridgehead atoms. The van der Waals surface area contributed by atoms with Gasteiger partial charge < -0.3 is 9.84 Å². The Labute approximate surface area is 153 Å². The number of aryl methyl sites for hydroxylation is 2. The number of hydrogen-bond donors (Lipinski definition) is 1. The highest BCUT2D eigenvalue weighted by molar-refractivity contribution is 9.11. The molecule has 0 unspecified atom stereocenters. The number of benzene rings is 1. The maximum absolute atomic E-state index is 12.5. The fraction of sp³-hybridized carbons (Fsp3) is 0.222. The van der Waals surface area contributed by atoms with Crippen LogP contribution in [0.1, 0.15) is 28.1 Å². The highest BCUT2D eigenvalue weighted by Gasteiger charge is 2.22. The molecule has 2 heterocycles. The topological polar surface area (TPSA) is 55.1 Å². The number of nitrogens with one attached hydrogen (secondary N) is 1. The van der Waals surface area contributed by atoms with Crippen molar-refractivity contribution in [2.75, 3.05) is 6.54 Å². The van der Waals surface area contributed by atoms with Crippen LogP contribution in [-0.2, 0) is 6.42 Å². The number of halogens is 1. The van der Waals surface area contributed by atoms with Gasteiger partial charge in [-0.25, -0.2) is 0 Å². The van der Waals surface area contributed by atoms with Crippen molar-refractivity contribution in [3.05, 3.63) is 63.1 Å². The molecule has 1 aromatic carbocycles. The summed E-state index contributed by atoms with van der Waals surface area (Å²) in [6, 6.07) is 14.1. The molecule has 0 saturated heterocycles. The molecule has 0 atom stereocenters. The van der Waals surface area contributed by atoms with Gasteiger partial charge in [-0.1, -0.05) is 35.5 Å². The van der Waals surface area contributed by atoms with Crippen molar-refractivity contribution in [1.29, 1.82) is 0 Å². The molecule has 1 N–H and O–H groups in total. The van der Waals surface area contributed by atoms with Gasteiger partial charge in [-0.2, -0.15) is 0 Å². The maximum Gasteiger partial charge on any atom is 0.257 e. The van der Waals surface area contributed by atoms with Crippen molar-refractivity contribution in [1.82, 2.24) is 10.5 Å². The van der Waals surface area contributed by atoms with E-state index in [1.807, 2.05) is 30.3 Å². The highest BCUT2D eigenvalue weighted by Crippen LogP contribution is 2.33. The van der Waals surface area contributed by atoms with E-state index in [4.69, 9.17) is 4.52 Å². The van der Waals surface area contributed by atoms with Crippen molar-refractivity contribution >= 4 is 33.2 Å². The van der Waals surface area contributed by atoms with E-state index < -0.39 is 0 Å². The number of rotatable bonds is 6. The van der Waals surface area contributed by atoms with Crippen LogP contribution in [0.5, 0.6) is 0 Å². The molecule has 0 aliphatic carbocycles. The van der Waals surface area contributed by atoms with E-state index in [0.29, 0.717) is 23.6 Å². The normalized spacial score (nSPS) is 10.8. The molecule has 3 rings (SSSR count). The Bertz CT molecular complexity index is 827. The predicted octanol–water partition coefficient (Wildman–Crippen LogP) is 4.84. The molecule has 0 aliphatic heterocycles. The highest BCUT2D eigenvalue weighted by atomic mass is 79.9. The summed E-state index contributed by atoms with van der Waals surface area (Å²) in [5.41, 5.74) is 2.39. The van der Waals surface area contributed by atoms with Crippen LogP contribution in [0, 0.1) is 6.92 Å². The molecule has 1 amide bonds. The molecule has 0 aliphatic rings. The number of hydrogen-bond acceptors (Lipinski definition) is 4. The van der Waals surface area contributed by atoms with Gasteiger partial charge in [-0.15, -0.1) is 11.3 Å². The van der Waals surface area contributed by atoms with E-state index in [0.717, 1.165) is 21.5 Å². The third-order valence-corrected chi connectivity index (χ3v) is 5.30. The molecule has 2 aromatic heterocycles. The number of nitrogens with zero attached hydrogens (tertiary/aromatic N) is 1. The van der Waals surface area contributed by atoms with Crippen molar-refractivity contribution in [2.24, 2.45) is 0 Å². The first-order valence-electron chi connectivity index (χ1n) is 7.69. The van der Waals surface area contributed by atoms with Gasteiger partial charge in [0.1, 0.15) is 17.0 Å². The van der Waals surface area contributed by atoms with E-state index >= 15 is 0 Å². The Balaban J connectivity index is 1.62. The summed E-state index contributed by atoms with van der Waals surface area (Å²) >= 11 is 4.96. The largest absolute Gasteiger partial charge is 0.360 e. The Kier molecular flexibility index (Phi) is 5.48. The SMILES string of the molecule is Cc1onc(-c2ccc(Br)s2)c1C(=O)NCCCc1ccccc1. The molecule has 3 aromatic rings. The molecule has 0 radical (unpaired) electrons. The summed E-state index contributed by atoms with van der Waals surface area (Å²) in [6.07, 6.45) is 1.83. The minimum absolute atomic E-state index is 0.138. The van der Waals surface area contributed by atoms with Crippen LogP contribution in [0.25, 0.3) is 10.6 Å². The second-order valence-electron chi connectivity index (χ2n) is 5.41. The van der Waals surface area contributed by atoms with E-state index in [1.165, 1.54) is 16.9 Å². The molecule has 24 heavy (non-hydrogen) atoms. The number of thiophene rings is 1. The van der Waals surface area contributed by atoms with Crippen molar-refractivity contribution in [2.45, 2.75) is 19.8 Å². The third-order valence-electron chi connectivity index (χ3n) is 3.67. The van der Waals surface area contributed by atoms with Gasteiger partial charge in [0.15, 0.2) is 0 Å². The molecule has 0 saturated carbocycles. The van der Waals surface area contributed by atoms with Crippen molar-refractivity contribution < 1.29 is 9.32 Å². The average molecular weight is 405 g/mol. The second kappa shape index (κ2) is 7.77. The van der Waals surface area contributed by atoms with Crippen LogP contribution in [0.3, 0.4) is 0 Å². The van der Waals surface area contributed by atoms with Crippen molar-refractivity contribution in [3.8, 4) is 10.6 Å². The van der Waals surface area contributed by atoms with Crippen LogP contribution in [0.2, 0.25) is 0 Å². The summed E-state index contributed by atoms with van der Waals surface area (Å²) < 4.78 is 6.23. The number of aromatic nitrogens is 1. The smallest absolute Gasteiger partial charge is 0.257 e. The molecule has 4 nitrogen and oxygen atoms in total. The van der Waals surface area contributed by atoms with Gasteiger partial charge in [0, 0.05) is 6.54 Å². The van der Waals surface area contributed by atoms with Gasteiger partial charge >= 0.3 is 0 Å². The van der Waals surface area contributed by atoms with Gasteiger partial charge in [-0.3, -0.25) is 4.79 Å². The van der Waals surface area contributed by atoms with E-state index in [2.05, 4.69) is 38.5 Å². The molecule has 0 fully saturated rings.